The van der Waals surface area contributed by atoms with Crippen LogP contribution in [0.25, 0.3) is 0 Å². The quantitative estimate of drug-likeness (QED) is 0.797. The molecule has 0 amide bonds. The zero-order valence-corrected chi connectivity index (χ0v) is 10.6. The van der Waals surface area contributed by atoms with Crippen molar-refractivity contribution in [1.82, 2.24) is 5.32 Å². The minimum Gasteiger partial charge on any atom is -0.395 e. The molecule has 1 rings (SSSR count). The van der Waals surface area contributed by atoms with Gasteiger partial charge >= 0.3 is 0 Å². The maximum absolute atomic E-state index is 9.04. The molecule has 0 aromatic heterocycles. The van der Waals surface area contributed by atoms with Crippen LogP contribution in [0.1, 0.15) is 25.5 Å². The Morgan fingerprint density at radius 1 is 1.25 bits per heavy atom. The predicted octanol–water partition coefficient (Wildman–Crippen LogP) is 1.78. The molecule has 2 N–H and O–H groups in total. The molecule has 3 nitrogen and oxygen atoms in total. The van der Waals surface area contributed by atoms with Gasteiger partial charge in [0.25, 0.3) is 0 Å². The summed E-state index contributed by atoms with van der Waals surface area (Å²) in [4.78, 5) is 2.11. The molecule has 0 saturated heterocycles. The van der Waals surface area contributed by atoms with E-state index in [2.05, 4.69) is 29.3 Å². The Morgan fingerprint density at radius 2 is 1.88 bits per heavy atom. The van der Waals surface area contributed by atoms with E-state index in [0.29, 0.717) is 0 Å². The Morgan fingerprint density at radius 3 is 2.44 bits per heavy atom. The van der Waals surface area contributed by atoms with Crippen LogP contribution >= 0.6 is 0 Å². The molecule has 1 unspecified atom stereocenters. The Balaban J connectivity index is 2.85. The smallest absolute Gasteiger partial charge is 0.0582 e. The minimum absolute atomic E-state index is 0.116. The normalized spacial score (nSPS) is 14.6. The van der Waals surface area contributed by atoms with Gasteiger partial charge in [-0.1, -0.05) is 18.2 Å². The Bertz CT molecular complexity index is 325. The largest absolute Gasteiger partial charge is 0.395 e. The summed E-state index contributed by atoms with van der Waals surface area (Å²) >= 11 is 0. The average Bonchev–Trinajstić information content (AvgIpc) is 2.28. The summed E-state index contributed by atoms with van der Waals surface area (Å²) in [5.41, 5.74) is 2.47. The van der Waals surface area contributed by atoms with Gasteiger partial charge in [-0.3, -0.25) is 0 Å². The molecule has 0 bridgehead atoms. The lowest BCUT2D eigenvalue weighted by molar-refractivity contribution is 0.243. The van der Waals surface area contributed by atoms with E-state index in [1.165, 1.54) is 11.3 Å². The van der Waals surface area contributed by atoms with E-state index < -0.39 is 0 Å². The zero-order chi connectivity index (χ0) is 12.1. The molecule has 3 heteroatoms. The molecule has 0 aliphatic heterocycles. The first-order chi connectivity index (χ1) is 7.56. The highest BCUT2D eigenvalue weighted by atomic mass is 16.3. The third-order valence-electron chi connectivity index (χ3n) is 2.69. The third-order valence-corrected chi connectivity index (χ3v) is 2.69. The van der Waals surface area contributed by atoms with E-state index in [4.69, 9.17) is 5.11 Å². The maximum atomic E-state index is 9.04. The first-order valence-corrected chi connectivity index (χ1v) is 5.69. The van der Waals surface area contributed by atoms with E-state index in [1.807, 2.05) is 33.2 Å². The lowest BCUT2D eigenvalue weighted by Crippen LogP contribution is -2.32. The highest BCUT2D eigenvalue weighted by Gasteiger charge is 2.12. The van der Waals surface area contributed by atoms with Crippen molar-refractivity contribution in [1.29, 1.82) is 0 Å². The SMILES string of the molecule is CC(N[C@@H](C)CO)c1ccccc1N(C)C. The number of nitrogens with one attached hydrogen (secondary N) is 1. The van der Waals surface area contributed by atoms with Crippen molar-refractivity contribution in [2.75, 3.05) is 25.6 Å². The topological polar surface area (TPSA) is 35.5 Å². The van der Waals surface area contributed by atoms with Gasteiger partial charge in [0.1, 0.15) is 0 Å². The highest BCUT2D eigenvalue weighted by Crippen LogP contribution is 2.24. The van der Waals surface area contributed by atoms with E-state index in [-0.39, 0.29) is 18.7 Å². The van der Waals surface area contributed by atoms with Gasteiger partial charge in [0, 0.05) is 31.9 Å². The molecule has 16 heavy (non-hydrogen) atoms. The molecule has 0 aliphatic carbocycles. The van der Waals surface area contributed by atoms with Crippen molar-refractivity contribution in [2.24, 2.45) is 0 Å². The molecule has 1 aromatic carbocycles. The van der Waals surface area contributed by atoms with Crippen LogP contribution < -0.4 is 10.2 Å². The van der Waals surface area contributed by atoms with Gasteiger partial charge in [0.2, 0.25) is 0 Å². The lowest BCUT2D eigenvalue weighted by atomic mass is 10.0. The Kier molecular flexibility index (Phi) is 4.77. The van der Waals surface area contributed by atoms with Gasteiger partial charge in [0.15, 0.2) is 0 Å². The van der Waals surface area contributed by atoms with Crippen molar-refractivity contribution < 1.29 is 5.11 Å². The number of hydrogen-bond acceptors (Lipinski definition) is 3. The molecule has 0 heterocycles. The number of rotatable bonds is 5. The van der Waals surface area contributed by atoms with Crippen molar-refractivity contribution in [3.8, 4) is 0 Å². The number of aliphatic hydroxyl groups is 1. The fourth-order valence-corrected chi connectivity index (χ4v) is 1.83. The van der Waals surface area contributed by atoms with Crippen molar-refractivity contribution >= 4 is 5.69 Å². The first-order valence-electron chi connectivity index (χ1n) is 5.69. The van der Waals surface area contributed by atoms with E-state index in [1.54, 1.807) is 0 Å². The van der Waals surface area contributed by atoms with Crippen LogP contribution in [0.2, 0.25) is 0 Å². The first kappa shape index (κ1) is 13.0. The van der Waals surface area contributed by atoms with Gasteiger partial charge in [-0.15, -0.1) is 0 Å². The van der Waals surface area contributed by atoms with Gasteiger partial charge in [0.05, 0.1) is 6.61 Å². The summed E-state index contributed by atoms with van der Waals surface area (Å²) in [5, 5.41) is 12.4. The summed E-state index contributed by atoms with van der Waals surface area (Å²) < 4.78 is 0. The lowest BCUT2D eigenvalue weighted by Gasteiger charge is -2.24. The summed E-state index contributed by atoms with van der Waals surface area (Å²) in [6.45, 7) is 4.26. The van der Waals surface area contributed by atoms with Gasteiger partial charge in [-0.05, 0) is 25.5 Å². The van der Waals surface area contributed by atoms with Crippen molar-refractivity contribution in [3.05, 3.63) is 29.8 Å². The van der Waals surface area contributed by atoms with Crippen LogP contribution in [0.4, 0.5) is 5.69 Å². The summed E-state index contributed by atoms with van der Waals surface area (Å²) in [6, 6.07) is 8.67. The molecular formula is C13H22N2O. The second kappa shape index (κ2) is 5.87. The molecule has 1 aromatic rings. The monoisotopic (exact) mass is 222 g/mol. The molecule has 90 valence electrons. The maximum Gasteiger partial charge on any atom is 0.0582 e. The zero-order valence-electron chi connectivity index (χ0n) is 10.6. The van der Waals surface area contributed by atoms with Crippen molar-refractivity contribution in [3.63, 3.8) is 0 Å². The third kappa shape index (κ3) is 3.22. The number of benzene rings is 1. The fourth-order valence-electron chi connectivity index (χ4n) is 1.83. The van der Waals surface area contributed by atoms with Crippen molar-refractivity contribution in [2.45, 2.75) is 25.9 Å². The Labute approximate surface area is 98.1 Å². The van der Waals surface area contributed by atoms with Crippen LogP contribution in [0.15, 0.2) is 24.3 Å². The molecule has 0 aliphatic rings. The predicted molar refractivity (Wildman–Crippen MR) is 68.9 cm³/mol. The second-order valence-electron chi connectivity index (χ2n) is 4.43. The van der Waals surface area contributed by atoms with Gasteiger partial charge in [-0.25, -0.2) is 0 Å². The van der Waals surface area contributed by atoms with Crippen LogP contribution in [-0.4, -0.2) is 31.9 Å². The minimum atomic E-state index is 0.116. The van der Waals surface area contributed by atoms with Gasteiger partial charge < -0.3 is 15.3 Å². The number of nitrogens with zero attached hydrogens (tertiary/aromatic N) is 1. The van der Waals surface area contributed by atoms with E-state index in [9.17, 15) is 0 Å². The number of aliphatic hydroxyl groups excluding tert-OH is 1. The van der Waals surface area contributed by atoms with E-state index >= 15 is 0 Å². The van der Waals surface area contributed by atoms with Crippen LogP contribution in [-0.2, 0) is 0 Å². The molecule has 0 fully saturated rings. The molecular weight excluding hydrogens is 200 g/mol. The number of anilines is 1. The fraction of sp³-hybridized carbons (Fsp3) is 0.538. The molecule has 0 radical (unpaired) electrons. The summed E-state index contributed by atoms with van der Waals surface area (Å²) in [5.74, 6) is 0. The molecule has 0 saturated carbocycles. The molecule has 0 spiro atoms. The van der Waals surface area contributed by atoms with Gasteiger partial charge in [-0.2, -0.15) is 0 Å². The average molecular weight is 222 g/mol. The van der Waals surface area contributed by atoms with Crippen LogP contribution in [0.5, 0.6) is 0 Å². The summed E-state index contributed by atoms with van der Waals surface area (Å²) in [7, 11) is 4.09. The van der Waals surface area contributed by atoms with Crippen LogP contribution in [0, 0.1) is 0 Å². The standard InChI is InChI=1S/C13H22N2O/c1-10(9-16)14-11(2)12-7-5-6-8-13(12)15(3)4/h5-8,10-11,14,16H,9H2,1-4H3/t10-,11?/m0/s1. The second-order valence-corrected chi connectivity index (χ2v) is 4.43. The van der Waals surface area contributed by atoms with Crippen LogP contribution in [0.3, 0.4) is 0 Å². The Hall–Kier alpha value is -1.06. The number of hydrogen-bond donors (Lipinski definition) is 2. The summed E-state index contributed by atoms with van der Waals surface area (Å²) in [6.07, 6.45) is 0. The number of para-hydroxylation sites is 1. The van der Waals surface area contributed by atoms with E-state index in [0.717, 1.165) is 0 Å². The highest BCUT2D eigenvalue weighted by molar-refractivity contribution is 5.53. The molecule has 2 atom stereocenters.